The van der Waals surface area contributed by atoms with Crippen molar-refractivity contribution in [1.82, 2.24) is 9.80 Å². The first kappa shape index (κ1) is 21.6. The van der Waals surface area contributed by atoms with Gasteiger partial charge in [-0.1, -0.05) is 12.1 Å². The second-order valence-electron chi connectivity index (χ2n) is 8.45. The number of carbonyl (C=O) groups excluding carboxylic acids is 2. The molecule has 8 nitrogen and oxygen atoms in total. The Morgan fingerprint density at radius 2 is 1.67 bits per heavy atom. The highest BCUT2D eigenvalue weighted by Gasteiger charge is 2.33. The first-order valence-corrected chi connectivity index (χ1v) is 11.5. The van der Waals surface area contributed by atoms with Gasteiger partial charge < -0.3 is 28.7 Å². The lowest BCUT2D eigenvalue weighted by atomic mass is 10.1. The van der Waals surface area contributed by atoms with E-state index in [9.17, 15) is 9.59 Å². The highest BCUT2D eigenvalue weighted by Crippen LogP contribution is 2.31. The van der Waals surface area contributed by atoms with Crippen molar-refractivity contribution in [2.45, 2.75) is 25.0 Å². The van der Waals surface area contributed by atoms with Gasteiger partial charge in [0, 0.05) is 38.3 Å². The highest BCUT2D eigenvalue weighted by atomic mass is 16.6. The van der Waals surface area contributed by atoms with Gasteiger partial charge in [0.2, 0.25) is 6.10 Å². The Labute approximate surface area is 193 Å². The molecule has 3 aliphatic heterocycles. The van der Waals surface area contributed by atoms with Crippen molar-refractivity contribution in [3.05, 3.63) is 54.1 Å². The third-order valence-electron chi connectivity index (χ3n) is 6.22. The van der Waals surface area contributed by atoms with Gasteiger partial charge in [0.05, 0.1) is 6.10 Å². The van der Waals surface area contributed by atoms with Crippen LogP contribution in [0.4, 0.5) is 0 Å². The summed E-state index contributed by atoms with van der Waals surface area (Å²) in [5.41, 5.74) is 0.611. The molecule has 0 spiro atoms. The van der Waals surface area contributed by atoms with Crippen molar-refractivity contribution >= 4 is 11.8 Å². The maximum absolute atomic E-state index is 12.9. The molecule has 174 valence electrons. The van der Waals surface area contributed by atoms with Crippen LogP contribution in [0.1, 0.15) is 23.2 Å². The van der Waals surface area contributed by atoms with E-state index in [1.807, 2.05) is 30.3 Å². The lowest BCUT2D eigenvalue weighted by molar-refractivity contribution is -0.142. The standard InChI is InChI=1S/C25H28N2O6/c28-24(18-7-9-19(10-8-18)31-16-20-4-3-15-30-20)26-11-13-27(14-12-26)25(29)23-17-32-21-5-1-2-6-22(21)33-23/h1-2,5-10,20,23H,3-4,11-17H2/t20-,23-/m1/s1. The summed E-state index contributed by atoms with van der Waals surface area (Å²) in [5.74, 6) is 1.82. The summed E-state index contributed by atoms with van der Waals surface area (Å²) in [6, 6.07) is 14.5. The van der Waals surface area contributed by atoms with E-state index in [4.69, 9.17) is 18.9 Å². The van der Waals surface area contributed by atoms with E-state index < -0.39 is 6.10 Å². The Morgan fingerprint density at radius 1 is 0.939 bits per heavy atom. The van der Waals surface area contributed by atoms with Crippen LogP contribution in [-0.2, 0) is 9.53 Å². The van der Waals surface area contributed by atoms with E-state index >= 15 is 0 Å². The molecule has 33 heavy (non-hydrogen) atoms. The number of carbonyl (C=O) groups is 2. The molecule has 2 amide bonds. The molecule has 0 radical (unpaired) electrons. The Kier molecular flexibility index (Phi) is 6.35. The van der Waals surface area contributed by atoms with Crippen LogP contribution < -0.4 is 14.2 Å². The molecule has 2 saturated heterocycles. The van der Waals surface area contributed by atoms with E-state index in [-0.39, 0.29) is 24.5 Å². The average Bonchev–Trinajstić information content (AvgIpc) is 3.40. The van der Waals surface area contributed by atoms with Crippen LogP contribution in [0, 0.1) is 0 Å². The third kappa shape index (κ3) is 4.90. The van der Waals surface area contributed by atoms with Crippen molar-refractivity contribution < 1.29 is 28.5 Å². The Bertz CT molecular complexity index is 981. The minimum Gasteiger partial charge on any atom is -0.491 e. The highest BCUT2D eigenvalue weighted by molar-refractivity contribution is 5.94. The number of piperazine rings is 1. The molecular weight excluding hydrogens is 424 g/mol. The Hall–Kier alpha value is -3.26. The number of amides is 2. The zero-order chi connectivity index (χ0) is 22.6. The lowest BCUT2D eigenvalue weighted by Crippen LogP contribution is -2.55. The van der Waals surface area contributed by atoms with E-state index in [2.05, 4.69) is 0 Å². The van der Waals surface area contributed by atoms with Gasteiger partial charge in [-0.3, -0.25) is 9.59 Å². The van der Waals surface area contributed by atoms with Crippen molar-refractivity contribution in [2.75, 3.05) is 46.0 Å². The second-order valence-corrected chi connectivity index (χ2v) is 8.45. The van der Waals surface area contributed by atoms with Crippen LogP contribution in [0.15, 0.2) is 48.5 Å². The van der Waals surface area contributed by atoms with E-state index in [0.29, 0.717) is 49.8 Å². The number of hydrogen-bond donors (Lipinski definition) is 0. The van der Waals surface area contributed by atoms with Crippen molar-refractivity contribution in [3.8, 4) is 17.2 Å². The molecule has 2 atom stereocenters. The quantitative estimate of drug-likeness (QED) is 0.693. The second kappa shape index (κ2) is 9.70. The van der Waals surface area contributed by atoms with Crippen LogP contribution in [0.5, 0.6) is 17.2 Å². The van der Waals surface area contributed by atoms with Gasteiger partial charge in [-0.15, -0.1) is 0 Å². The zero-order valence-electron chi connectivity index (χ0n) is 18.5. The fourth-order valence-corrected chi connectivity index (χ4v) is 4.32. The van der Waals surface area contributed by atoms with Crippen LogP contribution in [0.3, 0.4) is 0 Å². The molecule has 0 bridgehead atoms. The molecule has 2 aromatic carbocycles. The molecular formula is C25H28N2O6. The van der Waals surface area contributed by atoms with Gasteiger partial charge in [-0.05, 0) is 49.2 Å². The molecule has 3 aliphatic rings. The minimum absolute atomic E-state index is 0.0426. The van der Waals surface area contributed by atoms with Crippen LogP contribution in [0.2, 0.25) is 0 Å². The first-order chi connectivity index (χ1) is 16.2. The maximum Gasteiger partial charge on any atom is 0.267 e. The number of benzene rings is 2. The van der Waals surface area contributed by atoms with Gasteiger partial charge in [0.15, 0.2) is 11.5 Å². The average molecular weight is 453 g/mol. The van der Waals surface area contributed by atoms with Gasteiger partial charge in [0.25, 0.3) is 11.8 Å². The summed E-state index contributed by atoms with van der Waals surface area (Å²) in [7, 11) is 0. The summed E-state index contributed by atoms with van der Waals surface area (Å²) in [6.07, 6.45) is 1.60. The monoisotopic (exact) mass is 452 g/mol. The fraction of sp³-hybridized carbons (Fsp3) is 0.440. The molecule has 0 aliphatic carbocycles. The molecule has 0 saturated carbocycles. The van der Waals surface area contributed by atoms with Crippen LogP contribution >= 0.6 is 0 Å². The van der Waals surface area contributed by atoms with Crippen molar-refractivity contribution in [1.29, 1.82) is 0 Å². The lowest BCUT2D eigenvalue weighted by Gasteiger charge is -2.37. The van der Waals surface area contributed by atoms with Crippen molar-refractivity contribution in [2.24, 2.45) is 0 Å². The van der Waals surface area contributed by atoms with E-state index in [1.54, 1.807) is 28.0 Å². The summed E-state index contributed by atoms with van der Waals surface area (Å²) in [4.78, 5) is 29.3. The summed E-state index contributed by atoms with van der Waals surface area (Å²) in [6.45, 7) is 3.41. The summed E-state index contributed by atoms with van der Waals surface area (Å²) < 4.78 is 22.8. The third-order valence-corrected chi connectivity index (χ3v) is 6.22. The molecule has 2 aromatic rings. The molecule has 0 aromatic heterocycles. The van der Waals surface area contributed by atoms with E-state index in [1.165, 1.54) is 0 Å². The van der Waals surface area contributed by atoms with Gasteiger partial charge in [0.1, 0.15) is 19.0 Å². The molecule has 5 rings (SSSR count). The predicted octanol–water partition coefficient (Wildman–Crippen LogP) is 2.37. The first-order valence-electron chi connectivity index (χ1n) is 11.5. The number of ether oxygens (including phenoxy) is 4. The molecule has 8 heteroatoms. The normalized spacial score (nSPS) is 22.2. The summed E-state index contributed by atoms with van der Waals surface area (Å²) >= 11 is 0. The summed E-state index contributed by atoms with van der Waals surface area (Å²) in [5, 5.41) is 0. The van der Waals surface area contributed by atoms with Crippen LogP contribution in [-0.4, -0.2) is 79.8 Å². The Morgan fingerprint density at radius 3 is 2.39 bits per heavy atom. The number of rotatable bonds is 5. The molecule has 0 unspecified atom stereocenters. The molecule has 0 N–H and O–H groups in total. The van der Waals surface area contributed by atoms with E-state index in [0.717, 1.165) is 25.2 Å². The Balaban J connectivity index is 1.11. The topological polar surface area (TPSA) is 77.5 Å². The SMILES string of the molecule is O=C(c1ccc(OC[C@H]2CCCO2)cc1)N1CCN(C(=O)[C@H]2COc3ccccc3O2)CC1. The fourth-order valence-electron chi connectivity index (χ4n) is 4.32. The van der Waals surface area contributed by atoms with Gasteiger partial charge in [-0.25, -0.2) is 0 Å². The smallest absolute Gasteiger partial charge is 0.267 e. The molecule has 3 heterocycles. The molecule has 2 fully saturated rings. The van der Waals surface area contributed by atoms with Gasteiger partial charge in [-0.2, -0.15) is 0 Å². The van der Waals surface area contributed by atoms with Gasteiger partial charge >= 0.3 is 0 Å². The number of nitrogens with zero attached hydrogens (tertiary/aromatic N) is 2. The number of para-hydroxylation sites is 2. The maximum atomic E-state index is 12.9. The minimum atomic E-state index is -0.663. The van der Waals surface area contributed by atoms with Crippen molar-refractivity contribution in [3.63, 3.8) is 0 Å². The predicted molar refractivity (Wildman–Crippen MR) is 120 cm³/mol. The van der Waals surface area contributed by atoms with Crippen LogP contribution in [0.25, 0.3) is 0 Å². The zero-order valence-corrected chi connectivity index (χ0v) is 18.5. The number of hydrogen-bond acceptors (Lipinski definition) is 6. The number of fused-ring (bicyclic) bond motifs is 1. The largest absolute Gasteiger partial charge is 0.491 e.